The minimum absolute atomic E-state index is 0.179. The molecule has 1 unspecified atom stereocenters. The van der Waals surface area contributed by atoms with Crippen molar-refractivity contribution < 1.29 is 4.79 Å². The molecule has 0 radical (unpaired) electrons. The topological polar surface area (TPSA) is 33.2 Å². The average molecular weight is 287 g/mol. The number of carbonyl (C=O) groups is 1. The van der Waals surface area contributed by atoms with Gasteiger partial charge in [-0.1, -0.05) is 6.07 Å². The van der Waals surface area contributed by atoms with Crippen LogP contribution in [0, 0.1) is 0 Å². The Morgan fingerprint density at radius 1 is 1.60 bits per heavy atom. The molecule has 1 aliphatic heterocycles. The van der Waals surface area contributed by atoms with Gasteiger partial charge in [-0.15, -0.1) is 0 Å². The van der Waals surface area contributed by atoms with Crippen LogP contribution in [0.25, 0.3) is 0 Å². The van der Waals surface area contributed by atoms with Crippen LogP contribution in [0.15, 0.2) is 22.9 Å². The van der Waals surface area contributed by atoms with Crippen molar-refractivity contribution in [1.29, 1.82) is 0 Å². The standard InChI is InChI=1S/C10H11BrN2OS/c11-9-2-1-7(4-12-9)5-13-6-8(15)3-10(13)14/h1-2,4,8,15H,3,5-6H2. The van der Waals surface area contributed by atoms with E-state index in [9.17, 15) is 4.79 Å². The number of rotatable bonds is 2. The van der Waals surface area contributed by atoms with E-state index in [4.69, 9.17) is 0 Å². The summed E-state index contributed by atoms with van der Waals surface area (Å²) in [5, 5.41) is 0.181. The van der Waals surface area contributed by atoms with Gasteiger partial charge < -0.3 is 4.90 Å². The number of aromatic nitrogens is 1. The molecule has 1 aromatic rings. The maximum Gasteiger partial charge on any atom is 0.224 e. The first-order valence-corrected chi connectivity index (χ1v) is 6.02. The summed E-state index contributed by atoms with van der Waals surface area (Å²) in [6, 6.07) is 3.85. The molecule has 15 heavy (non-hydrogen) atoms. The second kappa shape index (κ2) is 4.53. The number of halogens is 1. The van der Waals surface area contributed by atoms with Gasteiger partial charge in [0.15, 0.2) is 0 Å². The Morgan fingerprint density at radius 3 is 2.93 bits per heavy atom. The summed E-state index contributed by atoms with van der Waals surface area (Å²) in [7, 11) is 0. The van der Waals surface area contributed by atoms with Crippen LogP contribution in [-0.2, 0) is 11.3 Å². The van der Waals surface area contributed by atoms with Crippen LogP contribution in [0.5, 0.6) is 0 Å². The number of hydrogen-bond acceptors (Lipinski definition) is 3. The molecule has 80 valence electrons. The molecule has 0 aromatic carbocycles. The SMILES string of the molecule is O=C1CC(S)CN1Cc1ccc(Br)nc1. The van der Waals surface area contributed by atoms with Gasteiger partial charge in [-0.05, 0) is 27.6 Å². The molecule has 0 N–H and O–H groups in total. The second-order valence-corrected chi connectivity index (χ2v) is 5.16. The zero-order valence-corrected chi connectivity index (χ0v) is 10.5. The molecule has 1 amide bonds. The molecule has 2 heterocycles. The van der Waals surface area contributed by atoms with Gasteiger partial charge in [-0.3, -0.25) is 4.79 Å². The van der Waals surface area contributed by atoms with Gasteiger partial charge in [0.2, 0.25) is 5.91 Å². The van der Waals surface area contributed by atoms with Crippen molar-refractivity contribution in [2.24, 2.45) is 0 Å². The van der Waals surface area contributed by atoms with Crippen molar-refractivity contribution in [3.8, 4) is 0 Å². The molecule has 5 heteroatoms. The van der Waals surface area contributed by atoms with Crippen LogP contribution >= 0.6 is 28.6 Å². The summed E-state index contributed by atoms with van der Waals surface area (Å²) in [4.78, 5) is 17.5. The lowest BCUT2D eigenvalue weighted by molar-refractivity contribution is -0.128. The second-order valence-electron chi connectivity index (χ2n) is 3.62. The smallest absolute Gasteiger partial charge is 0.224 e. The number of likely N-dealkylation sites (tertiary alicyclic amines) is 1. The van der Waals surface area contributed by atoms with E-state index in [-0.39, 0.29) is 11.2 Å². The molecule has 1 atom stereocenters. The average Bonchev–Trinajstić information content (AvgIpc) is 2.49. The third-order valence-electron chi connectivity index (χ3n) is 2.36. The number of amides is 1. The van der Waals surface area contributed by atoms with Crippen LogP contribution < -0.4 is 0 Å². The highest BCUT2D eigenvalue weighted by atomic mass is 79.9. The van der Waals surface area contributed by atoms with E-state index in [0.717, 1.165) is 16.7 Å². The van der Waals surface area contributed by atoms with Gasteiger partial charge in [-0.25, -0.2) is 4.98 Å². The number of carbonyl (C=O) groups excluding carboxylic acids is 1. The van der Waals surface area contributed by atoms with Crippen molar-refractivity contribution in [3.05, 3.63) is 28.5 Å². The van der Waals surface area contributed by atoms with E-state index in [2.05, 4.69) is 33.5 Å². The summed E-state index contributed by atoms with van der Waals surface area (Å²) in [6.45, 7) is 1.37. The predicted molar refractivity (Wildman–Crippen MR) is 64.7 cm³/mol. The molecule has 2 rings (SSSR count). The first-order valence-electron chi connectivity index (χ1n) is 4.71. The van der Waals surface area contributed by atoms with Gasteiger partial charge in [0.1, 0.15) is 4.60 Å². The number of thiol groups is 1. The first-order chi connectivity index (χ1) is 7.15. The van der Waals surface area contributed by atoms with Gasteiger partial charge in [-0.2, -0.15) is 12.6 Å². The van der Waals surface area contributed by atoms with Crippen molar-refractivity contribution in [2.45, 2.75) is 18.2 Å². The lowest BCUT2D eigenvalue weighted by atomic mass is 10.3. The Morgan fingerprint density at radius 2 is 2.40 bits per heavy atom. The lowest BCUT2D eigenvalue weighted by Crippen LogP contribution is -2.24. The first kappa shape index (κ1) is 11.0. The summed E-state index contributed by atoms with van der Waals surface area (Å²) in [5.41, 5.74) is 1.05. The van der Waals surface area contributed by atoms with Gasteiger partial charge in [0.05, 0.1) is 0 Å². The molecule has 0 bridgehead atoms. The molecule has 0 aliphatic carbocycles. The molecule has 1 aromatic heterocycles. The van der Waals surface area contributed by atoms with Crippen LogP contribution in [-0.4, -0.2) is 27.6 Å². The predicted octanol–water partition coefficient (Wildman–Crippen LogP) is 1.87. The van der Waals surface area contributed by atoms with Crippen LogP contribution in [0.2, 0.25) is 0 Å². The third kappa shape index (κ3) is 2.72. The summed E-state index contributed by atoms with van der Waals surface area (Å²) in [5.74, 6) is 0.179. The van der Waals surface area contributed by atoms with E-state index >= 15 is 0 Å². The van der Waals surface area contributed by atoms with Crippen LogP contribution in [0.3, 0.4) is 0 Å². The summed E-state index contributed by atoms with van der Waals surface area (Å²) >= 11 is 7.58. The molecule has 0 saturated carbocycles. The fourth-order valence-electron chi connectivity index (χ4n) is 1.62. The zero-order chi connectivity index (χ0) is 10.8. The minimum Gasteiger partial charge on any atom is -0.337 e. The minimum atomic E-state index is 0.179. The fourth-order valence-corrected chi connectivity index (χ4v) is 2.21. The molecular formula is C10H11BrN2OS. The van der Waals surface area contributed by atoms with Gasteiger partial charge in [0, 0.05) is 31.0 Å². The third-order valence-corrected chi connectivity index (χ3v) is 3.17. The number of pyridine rings is 1. The quantitative estimate of drug-likeness (QED) is 0.665. The van der Waals surface area contributed by atoms with E-state index in [1.807, 2.05) is 17.0 Å². The Kier molecular flexibility index (Phi) is 3.31. The van der Waals surface area contributed by atoms with Crippen molar-refractivity contribution in [3.63, 3.8) is 0 Å². The largest absolute Gasteiger partial charge is 0.337 e. The maximum atomic E-state index is 11.5. The van der Waals surface area contributed by atoms with Gasteiger partial charge in [0.25, 0.3) is 0 Å². The van der Waals surface area contributed by atoms with Gasteiger partial charge >= 0.3 is 0 Å². The van der Waals surface area contributed by atoms with Crippen LogP contribution in [0.4, 0.5) is 0 Å². The highest BCUT2D eigenvalue weighted by Gasteiger charge is 2.26. The zero-order valence-electron chi connectivity index (χ0n) is 8.06. The van der Waals surface area contributed by atoms with Crippen LogP contribution in [0.1, 0.15) is 12.0 Å². The Labute approximate surface area is 102 Å². The summed E-state index contributed by atoms with van der Waals surface area (Å²) in [6.07, 6.45) is 2.33. The molecule has 0 spiro atoms. The summed E-state index contributed by atoms with van der Waals surface area (Å²) < 4.78 is 0.811. The Balaban J connectivity index is 2.03. The fraction of sp³-hybridized carbons (Fsp3) is 0.400. The van der Waals surface area contributed by atoms with Crippen molar-refractivity contribution >= 4 is 34.5 Å². The molecule has 1 saturated heterocycles. The molecule has 3 nitrogen and oxygen atoms in total. The van der Waals surface area contributed by atoms with E-state index in [0.29, 0.717) is 13.0 Å². The van der Waals surface area contributed by atoms with Crippen molar-refractivity contribution in [2.75, 3.05) is 6.54 Å². The monoisotopic (exact) mass is 286 g/mol. The Hall–Kier alpha value is -0.550. The highest BCUT2D eigenvalue weighted by Crippen LogP contribution is 2.18. The number of nitrogens with zero attached hydrogens (tertiary/aromatic N) is 2. The van der Waals surface area contributed by atoms with E-state index < -0.39 is 0 Å². The normalized spacial score (nSPS) is 21.1. The highest BCUT2D eigenvalue weighted by molar-refractivity contribution is 9.10. The maximum absolute atomic E-state index is 11.5. The lowest BCUT2D eigenvalue weighted by Gasteiger charge is -2.15. The van der Waals surface area contributed by atoms with E-state index in [1.165, 1.54) is 0 Å². The molecule has 1 aliphatic rings. The molecular weight excluding hydrogens is 276 g/mol. The Bertz CT molecular complexity index is 368. The number of hydrogen-bond donors (Lipinski definition) is 1. The van der Waals surface area contributed by atoms with E-state index in [1.54, 1.807) is 6.20 Å². The molecule has 1 fully saturated rings. The van der Waals surface area contributed by atoms with Crippen molar-refractivity contribution in [1.82, 2.24) is 9.88 Å².